The normalized spacial score (nSPS) is 15.5. The molecule has 0 unspecified atom stereocenters. The summed E-state index contributed by atoms with van der Waals surface area (Å²) in [5.74, 6) is 2.92. The van der Waals surface area contributed by atoms with Gasteiger partial charge >= 0.3 is 0 Å². The maximum Gasteiger partial charge on any atom is 0.134 e. The first kappa shape index (κ1) is 18.6. The molecule has 1 aromatic carbocycles. The van der Waals surface area contributed by atoms with E-state index < -0.39 is 0 Å². The summed E-state index contributed by atoms with van der Waals surface area (Å²) in [6.07, 6.45) is 0. The molecule has 2 heterocycles. The summed E-state index contributed by atoms with van der Waals surface area (Å²) in [4.78, 5) is 16.7. The largest absolute Gasteiger partial charge is 0.354 e. The van der Waals surface area contributed by atoms with Crippen molar-refractivity contribution in [2.24, 2.45) is 0 Å². The van der Waals surface area contributed by atoms with Crippen LogP contribution in [0.5, 0.6) is 0 Å². The van der Waals surface area contributed by atoms with Crippen LogP contribution in [0.1, 0.15) is 32.2 Å². The van der Waals surface area contributed by atoms with Crippen molar-refractivity contribution < 1.29 is 0 Å². The number of hydrogen-bond acceptors (Lipinski definition) is 5. The van der Waals surface area contributed by atoms with Crippen LogP contribution in [0.2, 0.25) is 0 Å². The van der Waals surface area contributed by atoms with Crippen molar-refractivity contribution >= 4 is 11.6 Å². The van der Waals surface area contributed by atoms with Crippen LogP contribution in [-0.4, -0.2) is 53.6 Å². The van der Waals surface area contributed by atoms with E-state index in [9.17, 15) is 0 Å². The molecule has 140 valence electrons. The minimum Gasteiger partial charge on any atom is -0.354 e. The van der Waals surface area contributed by atoms with Gasteiger partial charge in [-0.1, -0.05) is 37.3 Å². The summed E-state index contributed by atoms with van der Waals surface area (Å²) in [5, 5.41) is 0. The van der Waals surface area contributed by atoms with Crippen LogP contribution in [-0.2, 0) is 6.54 Å². The van der Waals surface area contributed by atoms with Gasteiger partial charge in [-0.15, -0.1) is 0 Å². The molecule has 2 aromatic rings. The van der Waals surface area contributed by atoms with E-state index in [1.54, 1.807) is 0 Å². The molecule has 0 bridgehead atoms. The number of anilines is 2. The number of aryl methyl sites for hydroxylation is 1. The third kappa shape index (κ3) is 4.52. The fourth-order valence-corrected chi connectivity index (χ4v) is 3.45. The van der Waals surface area contributed by atoms with Crippen molar-refractivity contribution in [2.75, 3.05) is 42.5 Å². The summed E-state index contributed by atoms with van der Waals surface area (Å²) >= 11 is 0. The minimum atomic E-state index is 0.370. The van der Waals surface area contributed by atoms with Crippen molar-refractivity contribution in [3.63, 3.8) is 0 Å². The Morgan fingerprint density at radius 2 is 1.73 bits per heavy atom. The number of aromatic nitrogens is 2. The number of rotatable bonds is 6. The average molecular weight is 354 g/mol. The quantitative estimate of drug-likeness (QED) is 0.796. The monoisotopic (exact) mass is 353 g/mol. The first-order valence-corrected chi connectivity index (χ1v) is 9.70. The Hall–Kier alpha value is -2.14. The van der Waals surface area contributed by atoms with Gasteiger partial charge in [0, 0.05) is 44.8 Å². The molecule has 0 radical (unpaired) electrons. The number of benzene rings is 1. The van der Waals surface area contributed by atoms with Crippen molar-refractivity contribution in [3.05, 3.63) is 47.8 Å². The molecule has 0 atom stereocenters. The molecule has 5 heteroatoms. The summed E-state index contributed by atoms with van der Waals surface area (Å²) in [6.45, 7) is 14.9. The van der Waals surface area contributed by atoms with Crippen molar-refractivity contribution in [2.45, 2.75) is 40.3 Å². The molecule has 0 spiro atoms. The van der Waals surface area contributed by atoms with Gasteiger partial charge in [0.2, 0.25) is 0 Å². The molecule has 1 aliphatic heterocycles. The van der Waals surface area contributed by atoms with Gasteiger partial charge in [-0.25, -0.2) is 9.97 Å². The Labute approximate surface area is 157 Å². The lowest BCUT2D eigenvalue weighted by molar-refractivity contribution is 0.270. The Bertz CT molecular complexity index is 693. The molecule has 1 saturated heterocycles. The molecule has 1 aliphatic rings. The Kier molecular flexibility index (Phi) is 6.09. The second-order valence-electron chi connectivity index (χ2n) is 7.26. The number of nitrogens with zero attached hydrogens (tertiary/aromatic N) is 5. The smallest absolute Gasteiger partial charge is 0.134 e. The molecule has 26 heavy (non-hydrogen) atoms. The summed E-state index contributed by atoms with van der Waals surface area (Å²) < 4.78 is 0. The third-order valence-electron chi connectivity index (χ3n) is 5.07. The maximum absolute atomic E-state index is 4.76. The van der Waals surface area contributed by atoms with Crippen LogP contribution in [0.4, 0.5) is 11.6 Å². The SMILES string of the molecule is CCN1CCN(c2cc(N(Cc3ccccc3)C(C)C)nc(C)n2)CC1. The molecular formula is C21H31N5. The van der Waals surface area contributed by atoms with E-state index in [1.807, 2.05) is 6.92 Å². The maximum atomic E-state index is 4.76. The number of hydrogen-bond donors (Lipinski definition) is 0. The van der Waals surface area contributed by atoms with E-state index in [4.69, 9.17) is 9.97 Å². The summed E-state index contributed by atoms with van der Waals surface area (Å²) in [6, 6.07) is 13.1. The zero-order valence-electron chi connectivity index (χ0n) is 16.5. The van der Waals surface area contributed by atoms with Crippen molar-refractivity contribution in [1.29, 1.82) is 0 Å². The van der Waals surface area contributed by atoms with Gasteiger partial charge in [-0.2, -0.15) is 0 Å². The van der Waals surface area contributed by atoms with Crippen LogP contribution in [0, 0.1) is 6.92 Å². The molecule has 5 nitrogen and oxygen atoms in total. The number of piperazine rings is 1. The van der Waals surface area contributed by atoms with E-state index >= 15 is 0 Å². The summed E-state index contributed by atoms with van der Waals surface area (Å²) in [7, 11) is 0. The highest BCUT2D eigenvalue weighted by atomic mass is 15.3. The van der Waals surface area contributed by atoms with E-state index in [2.05, 4.69) is 71.9 Å². The lowest BCUT2D eigenvalue weighted by Crippen LogP contribution is -2.46. The lowest BCUT2D eigenvalue weighted by Gasteiger charge is -2.35. The Balaban J connectivity index is 1.83. The highest BCUT2D eigenvalue weighted by Crippen LogP contribution is 2.23. The predicted octanol–water partition coefficient (Wildman–Crippen LogP) is 3.34. The Morgan fingerprint density at radius 1 is 1.04 bits per heavy atom. The lowest BCUT2D eigenvalue weighted by atomic mass is 10.2. The second-order valence-corrected chi connectivity index (χ2v) is 7.26. The highest BCUT2D eigenvalue weighted by molar-refractivity contribution is 5.52. The minimum absolute atomic E-state index is 0.370. The fraction of sp³-hybridized carbons (Fsp3) is 0.524. The molecular weight excluding hydrogens is 322 g/mol. The van der Waals surface area contributed by atoms with E-state index in [0.29, 0.717) is 6.04 Å². The molecule has 1 aromatic heterocycles. The zero-order chi connectivity index (χ0) is 18.5. The number of likely N-dealkylation sites (N-methyl/N-ethyl adjacent to an activating group) is 1. The molecule has 0 aliphatic carbocycles. The van der Waals surface area contributed by atoms with Crippen molar-refractivity contribution in [3.8, 4) is 0 Å². The van der Waals surface area contributed by atoms with Crippen LogP contribution < -0.4 is 9.80 Å². The van der Waals surface area contributed by atoms with Gasteiger partial charge in [0.15, 0.2) is 0 Å². The predicted molar refractivity (Wildman–Crippen MR) is 109 cm³/mol. The van der Waals surface area contributed by atoms with E-state index in [1.165, 1.54) is 5.56 Å². The standard InChI is InChI=1S/C21H31N5/c1-5-24-11-13-25(14-12-24)20-15-21(23-18(4)22-20)26(17(2)3)16-19-9-7-6-8-10-19/h6-10,15,17H,5,11-14,16H2,1-4H3. The van der Waals surface area contributed by atoms with E-state index in [0.717, 1.165) is 56.7 Å². The van der Waals surface area contributed by atoms with Crippen molar-refractivity contribution in [1.82, 2.24) is 14.9 Å². The van der Waals surface area contributed by atoms with Gasteiger partial charge in [-0.3, -0.25) is 0 Å². The van der Waals surface area contributed by atoms with Gasteiger partial charge in [0.05, 0.1) is 0 Å². The van der Waals surface area contributed by atoms with Crippen LogP contribution in [0.3, 0.4) is 0 Å². The molecule has 0 saturated carbocycles. The summed E-state index contributed by atoms with van der Waals surface area (Å²) in [5.41, 5.74) is 1.30. The molecule has 0 amide bonds. The van der Waals surface area contributed by atoms with Crippen LogP contribution in [0.25, 0.3) is 0 Å². The Morgan fingerprint density at radius 3 is 2.35 bits per heavy atom. The molecule has 0 N–H and O–H groups in total. The highest BCUT2D eigenvalue weighted by Gasteiger charge is 2.20. The first-order chi connectivity index (χ1) is 12.6. The van der Waals surface area contributed by atoms with Crippen LogP contribution in [0.15, 0.2) is 36.4 Å². The fourth-order valence-electron chi connectivity index (χ4n) is 3.45. The first-order valence-electron chi connectivity index (χ1n) is 9.70. The average Bonchev–Trinajstić information content (AvgIpc) is 2.66. The van der Waals surface area contributed by atoms with Gasteiger partial charge < -0.3 is 14.7 Å². The topological polar surface area (TPSA) is 35.5 Å². The third-order valence-corrected chi connectivity index (χ3v) is 5.07. The second kappa shape index (κ2) is 8.49. The van der Waals surface area contributed by atoms with Crippen LogP contribution >= 0.6 is 0 Å². The van der Waals surface area contributed by atoms with Gasteiger partial charge in [0.25, 0.3) is 0 Å². The zero-order valence-corrected chi connectivity index (χ0v) is 16.5. The van der Waals surface area contributed by atoms with Gasteiger partial charge in [0.1, 0.15) is 17.5 Å². The molecule has 1 fully saturated rings. The van der Waals surface area contributed by atoms with E-state index in [-0.39, 0.29) is 0 Å². The van der Waals surface area contributed by atoms with Gasteiger partial charge in [-0.05, 0) is 32.9 Å². The molecule has 3 rings (SSSR count).